The molecule has 0 aliphatic heterocycles. The Balaban J connectivity index is 4.63. The Morgan fingerprint density at radius 1 is 0.350 bits per heavy atom. The van der Waals surface area contributed by atoms with E-state index in [0.717, 1.165) is 83.5 Å². The second-order valence-corrected chi connectivity index (χ2v) is 14.4. The third-order valence-corrected chi connectivity index (χ3v) is 8.83. The first-order valence-electron chi connectivity index (χ1n) is 23.0. The highest BCUT2D eigenvalue weighted by Crippen LogP contribution is 2.12. The molecule has 0 rings (SSSR count). The molecule has 0 saturated carbocycles. The van der Waals surface area contributed by atoms with Crippen molar-refractivity contribution in [2.24, 2.45) is 0 Å². The van der Waals surface area contributed by atoms with E-state index >= 15 is 0 Å². The van der Waals surface area contributed by atoms with Gasteiger partial charge in [-0.05, 0) is 77.0 Å². The van der Waals surface area contributed by atoms with E-state index in [9.17, 15) is 14.4 Å². The lowest BCUT2D eigenvalue weighted by atomic mass is 10.1. The Morgan fingerprint density at radius 3 is 1.20 bits per heavy atom. The van der Waals surface area contributed by atoms with E-state index in [1.54, 1.807) is 0 Å². The minimum absolute atomic E-state index is 0.133. The maximum Gasteiger partial charge on any atom is 0.306 e. The quantitative estimate of drug-likeness (QED) is 0.0203. The molecule has 0 bridgehead atoms. The highest BCUT2D eigenvalue weighted by atomic mass is 16.6. The van der Waals surface area contributed by atoms with Gasteiger partial charge < -0.3 is 14.2 Å². The number of ether oxygens (including phenoxy) is 3. The summed E-state index contributed by atoms with van der Waals surface area (Å²) in [7, 11) is 0. The van der Waals surface area contributed by atoms with Gasteiger partial charge in [-0.2, -0.15) is 0 Å². The van der Waals surface area contributed by atoms with Crippen molar-refractivity contribution in [3.8, 4) is 0 Å². The molecule has 0 radical (unpaired) electrons. The number of unbranched alkanes of at least 4 members (excludes halogenated alkanes) is 11. The molecule has 6 heteroatoms. The smallest absolute Gasteiger partial charge is 0.306 e. The van der Waals surface area contributed by atoms with Gasteiger partial charge >= 0.3 is 17.9 Å². The molecule has 0 amide bonds. The predicted octanol–water partition coefficient (Wildman–Crippen LogP) is 14.9. The Labute approximate surface area is 366 Å². The molecule has 0 N–H and O–H groups in total. The maximum absolute atomic E-state index is 12.7. The van der Waals surface area contributed by atoms with Crippen molar-refractivity contribution in [3.05, 3.63) is 146 Å². The first kappa shape index (κ1) is 55.3. The fourth-order valence-electron chi connectivity index (χ4n) is 5.47. The first-order valence-corrected chi connectivity index (χ1v) is 23.0. The van der Waals surface area contributed by atoms with Crippen LogP contribution in [0.1, 0.15) is 156 Å². The number of rotatable bonds is 38. The van der Waals surface area contributed by atoms with Gasteiger partial charge in [0.15, 0.2) is 6.10 Å². The van der Waals surface area contributed by atoms with Crippen molar-refractivity contribution in [3.63, 3.8) is 0 Å². The Kier molecular flexibility index (Phi) is 43.3. The molecule has 0 aromatic heterocycles. The van der Waals surface area contributed by atoms with Crippen LogP contribution in [-0.2, 0) is 28.6 Å². The molecule has 1 unspecified atom stereocenters. The molecule has 0 aliphatic rings. The molecule has 0 spiro atoms. The van der Waals surface area contributed by atoms with Crippen LogP contribution in [0, 0.1) is 0 Å². The summed E-state index contributed by atoms with van der Waals surface area (Å²) in [6.07, 6.45) is 66.9. The molecular formula is C54H80O6. The average molecular weight is 825 g/mol. The van der Waals surface area contributed by atoms with Crippen molar-refractivity contribution in [1.82, 2.24) is 0 Å². The molecule has 0 aromatic carbocycles. The molecule has 1 atom stereocenters. The van der Waals surface area contributed by atoms with Gasteiger partial charge in [-0.25, -0.2) is 0 Å². The second-order valence-electron chi connectivity index (χ2n) is 14.4. The van der Waals surface area contributed by atoms with E-state index in [1.165, 1.54) is 19.3 Å². The molecule has 6 nitrogen and oxygen atoms in total. The summed E-state index contributed by atoms with van der Waals surface area (Å²) >= 11 is 0. The van der Waals surface area contributed by atoms with Gasteiger partial charge in [0.05, 0.1) is 0 Å². The Morgan fingerprint density at radius 2 is 0.700 bits per heavy atom. The standard InChI is InChI=1S/C54H80O6/c1-4-7-10-13-16-19-22-25-27-30-32-35-38-41-44-47-53(56)59-50-51(49-58-52(55)46-43-40-37-34-31-28-24-21-18-15-12-9-6-3)60-54(57)48-45-42-39-36-33-29-26-23-20-17-14-11-8-5-2/h7-13,15-22,24-25,27-28,30-32,34,37,51H,4-6,14,23,26,29,33,35-36,38-50H2,1-3H3/b10-7+,11-8+,12-9+,16-13+,18-15+,20-17+,22-19+,24-21+,27-25+,31-28+,32-30+,37-34+. The second kappa shape index (κ2) is 47.0. The molecule has 0 aliphatic carbocycles. The van der Waals surface area contributed by atoms with E-state index in [4.69, 9.17) is 14.2 Å². The SMILES string of the molecule is CC/C=C/C=C/C=C/C=C/C=C/CCCCCC(=O)OCC(COC(=O)CCC/C=C/C=C/C=C/C=C/C=C/CC)OC(=O)CCCCCCCCC/C=C/C/C=C/CC. The van der Waals surface area contributed by atoms with Crippen LogP contribution in [0.5, 0.6) is 0 Å². The molecule has 332 valence electrons. The largest absolute Gasteiger partial charge is 0.462 e. The number of hydrogen-bond acceptors (Lipinski definition) is 6. The molecule has 0 saturated heterocycles. The van der Waals surface area contributed by atoms with Crippen LogP contribution in [0.3, 0.4) is 0 Å². The van der Waals surface area contributed by atoms with Gasteiger partial charge in [0, 0.05) is 19.3 Å². The van der Waals surface area contributed by atoms with Crippen LogP contribution in [-0.4, -0.2) is 37.2 Å². The van der Waals surface area contributed by atoms with Crippen molar-refractivity contribution in [2.75, 3.05) is 13.2 Å². The number of carbonyl (C=O) groups is 3. The van der Waals surface area contributed by atoms with Crippen molar-refractivity contribution < 1.29 is 28.6 Å². The van der Waals surface area contributed by atoms with Crippen LogP contribution in [0.4, 0.5) is 0 Å². The summed E-state index contributed by atoms with van der Waals surface area (Å²) in [6, 6.07) is 0. The zero-order valence-electron chi connectivity index (χ0n) is 37.6. The Bertz CT molecular complexity index is 1410. The van der Waals surface area contributed by atoms with E-state index in [0.29, 0.717) is 12.8 Å². The van der Waals surface area contributed by atoms with Crippen LogP contribution >= 0.6 is 0 Å². The van der Waals surface area contributed by atoms with Gasteiger partial charge in [0.1, 0.15) is 13.2 Å². The third kappa shape index (κ3) is 44.4. The Hall–Kier alpha value is -4.71. The number of hydrogen-bond donors (Lipinski definition) is 0. The molecular weight excluding hydrogens is 745 g/mol. The lowest BCUT2D eigenvalue weighted by Crippen LogP contribution is -2.30. The normalized spacial score (nSPS) is 13.4. The zero-order valence-corrected chi connectivity index (χ0v) is 37.6. The minimum atomic E-state index is -0.834. The maximum atomic E-state index is 12.7. The van der Waals surface area contributed by atoms with E-state index in [1.807, 2.05) is 103 Å². The number of allylic oxidation sites excluding steroid dienone is 24. The summed E-state index contributed by atoms with van der Waals surface area (Å²) in [5.41, 5.74) is 0. The minimum Gasteiger partial charge on any atom is -0.462 e. The number of carbonyl (C=O) groups excluding carboxylic acids is 3. The summed E-state index contributed by atoms with van der Waals surface area (Å²) < 4.78 is 16.6. The van der Waals surface area contributed by atoms with E-state index in [2.05, 4.69) is 63.3 Å². The fraction of sp³-hybridized carbons (Fsp3) is 0.500. The average Bonchev–Trinajstić information content (AvgIpc) is 3.24. The topological polar surface area (TPSA) is 78.9 Å². The van der Waals surface area contributed by atoms with Crippen LogP contribution < -0.4 is 0 Å². The molecule has 0 aromatic rings. The van der Waals surface area contributed by atoms with Crippen LogP contribution in [0.15, 0.2) is 146 Å². The third-order valence-electron chi connectivity index (χ3n) is 8.83. The van der Waals surface area contributed by atoms with E-state index in [-0.39, 0.29) is 50.4 Å². The van der Waals surface area contributed by atoms with Crippen molar-refractivity contribution >= 4 is 17.9 Å². The van der Waals surface area contributed by atoms with Gasteiger partial charge in [0.2, 0.25) is 0 Å². The van der Waals surface area contributed by atoms with Crippen LogP contribution in [0.25, 0.3) is 0 Å². The lowest BCUT2D eigenvalue weighted by molar-refractivity contribution is -0.167. The number of esters is 3. The monoisotopic (exact) mass is 825 g/mol. The van der Waals surface area contributed by atoms with Gasteiger partial charge in [-0.1, -0.05) is 205 Å². The highest BCUT2D eigenvalue weighted by Gasteiger charge is 2.19. The molecule has 60 heavy (non-hydrogen) atoms. The zero-order chi connectivity index (χ0) is 43.7. The summed E-state index contributed by atoms with van der Waals surface area (Å²) in [5.74, 6) is -1.07. The first-order chi connectivity index (χ1) is 29.5. The summed E-state index contributed by atoms with van der Waals surface area (Å²) in [4.78, 5) is 37.8. The lowest BCUT2D eigenvalue weighted by Gasteiger charge is -2.18. The van der Waals surface area contributed by atoms with Crippen molar-refractivity contribution in [1.29, 1.82) is 0 Å². The van der Waals surface area contributed by atoms with Gasteiger partial charge in [-0.3, -0.25) is 14.4 Å². The summed E-state index contributed by atoms with van der Waals surface area (Å²) in [6.45, 7) is 6.09. The van der Waals surface area contributed by atoms with Crippen molar-refractivity contribution in [2.45, 2.75) is 162 Å². The molecule has 0 heterocycles. The van der Waals surface area contributed by atoms with Gasteiger partial charge in [0.25, 0.3) is 0 Å². The summed E-state index contributed by atoms with van der Waals surface area (Å²) in [5, 5.41) is 0. The van der Waals surface area contributed by atoms with E-state index < -0.39 is 6.10 Å². The van der Waals surface area contributed by atoms with Crippen LogP contribution in [0.2, 0.25) is 0 Å². The van der Waals surface area contributed by atoms with Gasteiger partial charge in [-0.15, -0.1) is 0 Å². The predicted molar refractivity (Wildman–Crippen MR) is 255 cm³/mol. The fourth-order valence-corrected chi connectivity index (χ4v) is 5.47. The highest BCUT2D eigenvalue weighted by molar-refractivity contribution is 5.71. The molecule has 0 fully saturated rings.